The minimum Gasteiger partial charge on any atom is -0.465 e. The van der Waals surface area contributed by atoms with Crippen LogP contribution in [0.3, 0.4) is 0 Å². The van der Waals surface area contributed by atoms with Gasteiger partial charge in [0, 0.05) is 30.3 Å². The number of methoxy groups -OCH3 is 1. The normalized spacial score (nSPS) is 18.3. The van der Waals surface area contributed by atoms with Crippen molar-refractivity contribution in [1.29, 1.82) is 0 Å². The number of carbonyl (C=O) groups is 1. The van der Waals surface area contributed by atoms with Crippen molar-refractivity contribution in [3.05, 3.63) is 83.9 Å². The topological polar surface area (TPSA) is 79.6 Å². The van der Waals surface area contributed by atoms with E-state index in [-0.39, 0.29) is 24.7 Å². The van der Waals surface area contributed by atoms with Crippen LogP contribution in [0.1, 0.15) is 33.8 Å². The number of esters is 1. The molecule has 154 valence electrons. The summed E-state index contributed by atoms with van der Waals surface area (Å²) in [5.41, 5.74) is 3.14. The molecular formula is C22H22N4O3S. The number of thiocarbonyl (C=S) groups is 1. The Labute approximate surface area is 179 Å². The van der Waals surface area contributed by atoms with Crippen molar-refractivity contribution >= 4 is 23.3 Å². The summed E-state index contributed by atoms with van der Waals surface area (Å²) in [7, 11) is 1.37. The average molecular weight is 423 g/mol. The van der Waals surface area contributed by atoms with Gasteiger partial charge >= 0.3 is 5.97 Å². The molecule has 0 aliphatic carbocycles. The van der Waals surface area contributed by atoms with Gasteiger partial charge in [0.15, 0.2) is 5.11 Å². The molecule has 0 radical (unpaired) electrons. The van der Waals surface area contributed by atoms with Crippen LogP contribution < -0.4 is 5.32 Å². The van der Waals surface area contributed by atoms with Crippen LogP contribution in [0, 0.1) is 0 Å². The number of rotatable bonds is 6. The Morgan fingerprint density at radius 3 is 2.83 bits per heavy atom. The Morgan fingerprint density at radius 1 is 1.23 bits per heavy atom. The molecule has 2 atom stereocenters. The Kier molecular flexibility index (Phi) is 5.78. The summed E-state index contributed by atoms with van der Waals surface area (Å²) in [6.45, 7) is 0.374. The van der Waals surface area contributed by atoms with Gasteiger partial charge in [-0.15, -0.1) is 0 Å². The minimum atomic E-state index is -0.387. The molecule has 1 aliphatic heterocycles. The van der Waals surface area contributed by atoms with Crippen molar-refractivity contribution < 1.29 is 14.6 Å². The number of hydrogen-bond acceptors (Lipinski definition) is 5. The Morgan fingerprint density at radius 2 is 2.10 bits per heavy atom. The largest absolute Gasteiger partial charge is 0.465 e. The third-order valence-electron chi connectivity index (χ3n) is 5.17. The van der Waals surface area contributed by atoms with Crippen LogP contribution in [0.25, 0.3) is 5.69 Å². The van der Waals surface area contributed by atoms with Crippen LogP contribution in [0.5, 0.6) is 0 Å². The predicted octanol–water partition coefficient (Wildman–Crippen LogP) is 2.62. The first-order valence-electron chi connectivity index (χ1n) is 9.59. The maximum Gasteiger partial charge on any atom is 0.337 e. The number of nitrogens with zero attached hydrogens (tertiary/aromatic N) is 3. The lowest BCUT2D eigenvalue weighted by atomic mass is 10.0. The first kappa shape index (κ1) is 20.1. The van der Waals surface area contributed by atoms with Crippen LogP contribution in [-0.4, -0.2) is 50.9 Å². The second kappa shape index (κ2) is 8.64. The number of ether oxygens (including phenoxy) is 1. The molecule has 0 saturated carbocycles. The summed E-state index contributed by atoms with van der Waals surface area (Å²) >= 11 is 5.57. The van der Waals surface area contributed by atoms with Gasteiger partial charge in [0.2, 0.25) is 0 Å². The van der Waals surface area contributed by atoms with Crippen LogP contribution >= 0.6 is 12.2 Å². The first-order valence-corrected chi connectivity index (χ1v) is 10.00. The predicted molar refractivity (Wildman–Crippen MR) is 116 cm³/mol. The fraction of sp³-hybridized carbons (Fsp3) is 0.227. The summed E-state index contributed by atoms with van der Waals surface area (Å²) in [5.74, 6) is -0.387. The van der Waals surface area contributed by atoms with E-state index in [0.717, 1.165) is 17.1 Å². The zero-order valence-electron chi connectivity index (χ0n) is 16.4. The van der Waals surface area contributed by atoms with Crippen LogP contribution in [0.15, 0.2) is 67.0 Å². The molecule has 0 spiro atoms. The quantitative estimate of drug-likeness (QED) is 0.467. The van der Waals surface area contributed by atoms with Gasteiger partial charge in [-0.05, 0) is 54.7 Å². The zero-order valence-corrected chi connectivity index (χ0v) is 17.2. The summed E-state index contributed by atoms with van der Waals surface area (Å²) in [6, 6.07) is 16.7. The molecule has 30 heavy (non-hydrogen) atoms. The van der Waals surface area contributed by atoms with E-state index < -0.39 is 0 Å². The van der Waals surface area contributed by atoms with E-state index in [9.17, 15) is 9.90 Å². The number of carbonyl (C=O) groups excluding carboxylic acids is 1. The van der Waals surface area contributed by atoms with Gasteiger partial charge in [-0.1, -0.05) is 12.1 Å². The fourth-order valence-corrected chi connectivity index (χ4v) is 4.18. The summed E-state index contributed by atoms with van der Waals surface area (Å²) < 4.78 is 6.88. The Bertz CT molecular complexity index is 1050. The number of β-amino-alcohol motifs (C(OH)–C–C–N with tert-alkyl or cyclic N) is 1. The van der Waals surface area contributed by atoms with Gasteiger partial charge in [-0.25, -0.2) is 4.79 Å². The monoisotopic (exact) mass is 422 g/mol. The molecule has 3 aromatic rings. The van der Waals surface area contributed by atoms with Gasteiger partial charge in [-0.2, -0.15) is 0 Å². The van der Waals surface area contributed by atoms with Crippen LogP contribution in [-0.2, 0) is 4.74 Å². The molecule has 1 aliphatic rings. The summed E-state index contributed by atoms with van der Waals surface area (Å²) in [6.07, 6.45) is 3.70. The van der Waals surface area contributed by atoms with E-state index in [1.165, 1.54) is 7.11 Å². The number of nitrogens with one attached hydrogen (secondary N) is 1. The van der Waals surface area contributed by atoms with Crippen molar-refractivity contribution in [2.45, 2.75) is 12.1 Å². The number of aliphatic hydroxyl groups is 1. The minimum absolute atomic E-state index is 0.0220. The van der Waals surface area contributed by atoms with E-state index in [2.05, 4.69) is 10.3 Å². The smallest absolute Gasteiger partial charge is 0.337 e. The average Bonchev–Trinajstić information content (AvgIpc) is 3.39. The van der Waals surface area contributed by atoms with Gasteiger partial charge in [-0.3, -0.25) is 4.98 Å². The molecule has 2 N–H and O–H groups in total. The standard InChI is InChI=1S/C22H22N4O3S/c1-29-21(28)15-6-4-7-16(14-15)25-11-5-9-18(25)20-19(17-8-2-3-10-23-17)24-22(30)26(20)12-13-27/h2-11,14,19-20,27H,12-13H2,1H3,(H,24,30)/t19-,20+/m1/s1. The highest BCUT2D eigenvalue weighted by molar-refractivity contribution is 7.80. The lowest BCUT2D eigenvalue weighted by Gasteiger charge is -2.28. The number of pyridine rings is 1. The Balaban J connectivity index is 1.79. The SMILES string of the molecule is COC(=O)c1cccc(-n2cccc2[C@H]2[C@@H](c3ccccn3)NC(=S)N2CCO)c1. The lowest BCUT2D eigenvalue weighted by Crippen LogP contribution is -2.32. The maximum atomic E-state index is 12.0. The zero-order chi connectivity index (χ0) is 21.1. The van der Waals surface area contributed by atoms with Crippen molar-refractivity contribution in [1.82, 2.24) is 19.8 Å². The summed E-state index contributed by atoms with van der Waals surface area (Å²) in [5, 5.41) is 13.6. The highest BCUT2D eigenvalue weighted by Crippen LogP contribution is 2.39. The second-order valence-corrected chi connectivity index (χ2v) is 7.28. The van der Waals surface area contributed by atoms with E-state index in [1.807, 2.05) is 58.1 Å². The molecule has 7 nitrogen and oxygen atoms in total. The first-order chi connectivity index (χ1) is 14.6. The lowest BCUT2D eigenvalue weighted by molar-refractivity contribution is 0.0600. The molecule has 0 unspecified atom stereocenters. The van der Waals surface area contributed by atoms with Crippen molar-refractivity contribution in [3.8, 4) is 5.69 Å². The third kappa shape index (κ3) is 3.67. The van der Waals surface area contributed by atoms with E-state index in [1.54, 1.807) is 18.3 Å². The Hall–Kier alpha value is -3.23. The molecular weight excluding hydrogens is 400 g/mol. The summed E-state index contributed by atoms with van der Waals surface area (Å²) in [4.78, 5) is 18.5. The highest BCUT2D eigenvalue weighted by atomic mass is 32.1. The number of aliphatic hydroxyl groups excluding tert-OH is 1. The van der Waals surface area contributed by atoms with Gasteiger partial charge in [0.05, 0.1) is 37.1 Å². The maximum absolute atomic E-state index is 12.0. The van der Waals surface area contributed by atoms with Crippen molar-refractivity contribution in [2.24, 2.45) is 0 Å². The molecule has 1 fully saturated rings. The number of benzene rings is 1. The molecule has 4 rings (SSSR count). The molecule has 1 saturated heterocycles. The number of hydrogen-bond donors (Lipinski definition) is 2. The van der Waals surface area contributed by atoms with Crippen LogP contribution in [0.4, 0.5) is 0 Å². The number of aromatic nitrogens is 2. The van der Waals surface area contributed by atoms with E-state index >= 15 is 0 Å². The molecule has 1 aromatic carbocycles. The fourth-order valence-electron chi connectivity index (χ4n) is 3.85. The molecule has 2 aromatic heterocycles. The molecule has 0 bridgehead atoms. The molecule has 0 amide bonds. The van der Waals surface area contributed by atoms with Gasteiger partial charge in [0.1, 0.15) is 0 Å². The van der Waals surface area contributed by atoms with Crippen molar-refractivity contribution in [2.75, 3.05) is 20.3 Å². The van der Waals surface area contributed by atoms with Gasteiger partial charge < -0.3 is 24.6 Å². The van der Waals surface area contributed by atoms with E-state index in [0.29, 0.717) is 17.2 Å². The molecule has 3 heterocycles. The highest BCUT2D eigenvalue weighted by Gasteiger charge is 2.40. The molecule has 8 heteroatoms. The van der Waals surface area contributed by atoms with Crippen molar-refractivity contribution in [3.63, 3.8) is 0 Å². The van der Waals surface area contributed by atoms with Gasteiger partial charge in [0.25, 0.3) is 0 Å². The third-order valence-corrected chi connectivity index (χ3v) is 5.52. The second-order valence-electron chi connectivity index (χ2n) is 6.89. The van der Waals surface area contributed by atoms with E-state index in [4.69, 9.17) is 17.0 Å². The van der Waals surface area contributed by atoms with Crippen LogP contribution in [0.2, 0.25) is 0 Å².